The quantitative estimate of drug-likeness (QED) is 0.447. The van der Waals surface area contributed by atoms with Crippen molar-refractivity contribution in [3.05, 3.63) is 98.3 Å². The standard InChI is InChI=1S/C27H26N4O4/c1-18-15-22(25(32)29-13-6-7-14-29)23-24(28-18)31(20-10-4-3-5-11-20)27(34)30(26(23)33)17-19-9-8-12-21(16-19)35-2/h3-5,8-12,15-16H,6-7,13-14,17H2,1-2H3. The van der Waals surface area contributed by atoms with Gasteiger partial charge in [0.1, 0.15) is 5.75 Å². The molecule has 0 unspecified atom stereocenters. The van der Waals surface area contributed by atoms with Crippen LogP contribution in [-0.4, -0.2) is 45.1 Å². The molecule has 4 aromatic rings. The van der Waals surface area contributed by atoms with Crippen LogP contribution in [-0.2, 0) is 6.54 Å². The number of amides is 1. The number of ether oxygens (including phenoxy) is 1. The highest BCUT2D eigenvalue weighted by atomic mass is 16.5. The second-order valence-corrected chi connectivity index (χ2v) is 8.71. The molecule has 2 aromatic carbocycles. The molecule has 2 aromatic heterocycles. The summed E-state index contributed by atoms with van der Waals surface area (Å²) in [6.07, 6.45) is 1.87. The van der Waals surface area contributed by atoms with Gasteiger partial charge in [-0.1, -0.05) is 30.3 Å². The number of hydrogen-bond acceptors (Lipinski definition) is 5. The Bertz CT molecular complexity index is 1530. The number of para-hydroxylation sites is 1. The van der Waals surface area contributed by atoms with Crippen LogP contribution in [0.2, 0.25) is 0 Å². The maximum atomic E-state index is 13.9. The van der Waals surface area contributed by atoms with Gasteiger partial charge in [0.15, 0.2) is 5.65 Å². The predicted octanol–water partition coefficient (Wildman–Crippen LogP) is 3.15. The molecule has 0 N–H and O–H groups in total. The van der Waals surface area contributed by atoms with Gasteiger partial charge in [0.05, 0.1) is 30.3 Å². The second-order valence-electron chi connectivity index (χ2n) is 8.71. The molecule has 0 atom stereocenters. The van der Waals surface area contributed by atoms with E-state index in [4.69, 9.17) is 4.74 Å². The fourth-order valence-electron chi connectivity index (χ4n) is 4.62. The van der Waals surface area contributed by atoms with Crippen LogP contribution < -0.4 is 16.0 Å². The Hall–Kier alpha value is -4.20. The van der Waals surface area contributed by atoms with E-state index in [0.29, 0.717) is 30.2 Å². The van der Waals surface area contributed by atoms with Crippen LogP contribution in [0.3, 0.4) is 0 Å². The summed E-state index contributed by atoms with van der Waals surface area (Å²) in [5.41, 5.74) is 1.28. The first kappa shape index (κ1) is 22.6. The molecule has 1 fully saturated rings. The van der Waals surface area contributed by atoms with E-state index in [1.807, 2.05) is 30.3 Å². The Labute approximate surface area is 202 Å². The van der Waals surface area contributed by atoms with E-state index in [1.54, 1.807) is 49.3 Å². The first-order chi connectivity index (χ1) is 17.0. The lowest BCUT2D eigenvalue weighted by atomic mass is 10.1. The van der Waals surface area contributed by atoms with Crippen molar-refractivity contribution in [2.24, 2.45) is 0 Å². The van der Waals surface area contributed by atoms with Crippen LogP contribution in [0, 0.1) is 6.92 Å². The number of carbonyl (C=O) groups is 1. The van der Waals surface area contributed by atoms with Gasteiger partial charge in [-0.2, -0.15) is 0 Å². The molecule has 1 amide bonds. The van der Waals surface area contributed by atoms with Gasteiger partial charge in [-0.15, -0.1) is 0 Å². The molecule has 0 spiro atoms. The lowest BCUT2D eigenvalue weighted by molar-refractivity contribution is 0.0794. The highest BCUT2D eigenvalue weighted by Gasteiger charge is 2.26. The zero-order chi connectivity index (χ0) is 24.5. The summed E-state index contributed by atoms with van der Waals surface area (Å²) < 4.78 is 7.90. The van der Waals surface area contributed by atoms with Crippen molar-refractivity contribution in [2.75, 3.05) is 20.2 Å². The molecule has 0 radical (unpaired) electrons. The molecule has 0 aliphatic carbocycles. The molecule has 1 aliphatic heterocycles. The average molecular weight is 471 g/mol. The van der Waals surface area contributed by atoms with Crippen LogP contribution >= 0.6 is 0 Å². The average Bonchev–Trinajstić information content (AvgIpc) is 3.41. The van der Waals surface area contributed by atoms with Gasteiger partial charge in [0.25, 0.3) is 11.5 Å². The van der Waals surface area contributed by atoms with Crippen molar-refractivity contribution < 1.29 is 9.53 Å². The summed E-state index contributed by atoms with van der Waals surface area (Å²) in [5, 5.41) is 0.152. The third-order valence-corrected chi connectivity index (χ3v) is 6.33. The smallest absolute Gasteiger partial charge is 0.337 e. The monoisotopic (exact) mass is 470 g/mol. The second kappa shape index (κ2) is 9.21. The first-order valence-corrected chi connectivity index (χ1v) is 11.6. The Morgan fingerprint density at radius 3 is 2.46 bits per heavy atom. The number of pyridine rings is 1. The van der Waals surface area contributed by atoms with Crippen LogP contribution in [0.5, 0.6) is 5.75 Å². The fraction of sp³-hybridized carbons (Fsp3) is 0.259. The van der Waals surface area contributed by atoms with E-state index < -0.39 is 11.2 Å². The fourth-order valence-corrected chi connectivity index (χ4v) is 4.62. The normalized spacial score (nSPS) is 13.4. The Kier molecular flexibility index (Phi) is 5.94. The van der Waals surface area contributed by atoms with Crippen molar-refractivity contribution in [1.29, 1.82) is 0 Å². The van der Waals surface area contributed by atoms with Gasteiger partial charge >= 0.3 is 5.69 Å². The number of aromatic nitrogens is 3. The number of methoxy groups -OCH3 is 1. The van der Waals surface area contributed by atoms with Gasteiger partial charge < -0.3 is 9.64 Å². The summed E-state index contributed by atoms with van der Waals surface area (Å²) in [5.74, 6) is 0.420. The third-order valence-electron chi connectivity index (χ3n) is 6.33. The van der Waals surface area contributed by atoms with Crippen molar-refractivity contribution >= 4 is 16.9 Å². The number of carbonyl (C=O) groups excluding carboxylic acids is 1. The van der Waals surface area contributed by atoms with E-state index in [2.05, 4.69) is 4.98 Å². The molecule has 178 valence electrons. The van der Waals surface area contributed by atoms with Crippen molar-refractivity contribution in [2.45, 2.75) is 26.3 Å². The van der Waals surface area contributed by atoms with Gasteiger partial charge in [-0.3, -0.25) is 14.2 Å². The summed E-state index contributed by atoms with van der Waals surface area (Å²) in [4.78, 5) is 47.5. The van der Waals surface area contributed by atoms with E-state index in [0.717, 1.165) is 18.4 Å². The SMILES string of the molecule is COc1cccc(Cn2c(=O)c3c(C(=O)N4CCCC4)cc(C)nc3n(-c3ccccc3)c2=O)c1. The van der Waals surface area contributed by atoms with E-state index >= 15 is 0 Å². The minimum Gasteiger partial charge on any atom is -0.497 e. The molecule has 0 saturated carbocycles. The van der Waals surface area contributed by atoms with Gasteiger partial charge in [-0.25, -0.2) is 14.3 Å². The molecule has 3 heterocycles. The minimum absolute atomic E-state index is 0.0306. The minimum atomic E-state index is -0.532. The first-order valence-electron chi connectivity index (χ1n) is 11.6. The molecule has 8 nitrogen and oxygen atoms in total. The van der Waals surface area contributed by atoms with Crippen LogP contribution in [0.15, 0.2) is 70.3 Å². The molecule has 35 heavy (non-hydrogen) atoms. The highest BCUT2D eigenvalue weighted by molar-refractivity contribution is 6.05. The number of aryl methyl sites for hydroxylation is 1. The van der Waals surface area contributed by atoms with E-state index in [1.165, 1.54) is 9.13 Å². The molecule has 1 aliphatic rings. The van der Waals surface area contributed by atoms with Gasteiger partial charge in [-0.05, 0) is 55.7 Å². The van der Waals surface area contributed by atoms with Crippen molar-refractivity contribution in [3.63, 3.8) is 0 Å². The third kappa shape index (κ3) is 4.12. The zero-order valence-electron chi connectivity index (χ0n) is 19.7. The number of benzene rings is 2. The van der Waals surface area contributed by atoms with Crippen LogP contribution in [0.25, 0.3) is 16.7 Å². The molecule has 1 saturated heterocycles. The predicted molar refractivity (Wildman–Crippen MR) is 134 cm³/mol. The van der Waals surface area contributed by atoms with Crippen molar-refractivity contribution in [1.82, 2.24) is 19.0 Å². The maximum Gasteiger partial charge on any atom is 0.337 e. The largest absolute Gasteiger partial charge is 0.497 e. The Morgan fingerprint density at radius 2 is 1.74 bits per heavy atom. The van der Waals surface area contributed by atoms with E-state index in [-0.39, 0.29) is 29.0 Å². The lowest BCUT2D eigenvalue weighted by Gasteiger charge is -2.19. The number of fused-ring (bicyclic) bond motifs is 1. The number of rotatable bonds is 5. The number of hydrogen-bond donors (Lipinski definition) is 0. The van der Waals surface area contributed by atoms with Gasteiger partial charge in [0.2, 0.25) is 0 Å². The molecular weight excluding hydrogens is 444 g/mol. The summed E-state index contributed by atoms with van der Waals surface area (Å²) in [7, 11) is 1.56. The zero-order valence-corrected chi connectivity index (χ0v) is 19.7. The van der Waals surface area contributed by atoms with E-state index in [9.17, 15) is 14.4 Å². The lowest BCUT2D eigenvalue weighted by Crippen LogP contribution is -2.41. The summed E-state index contributed by atoms with van der Waals surface area (Å²) in [6, 6.07) is 17.9. The van der Waals surface area contributed by atoms with Crippen LogP contribution in [0.4, 0.5) is 0 Å². The van der Waals surface area contributed by atoms with Gasteiger partial charge in [0, 0.05) is 18.8 Å². The Morgan fingerprint density at radius 1 is 1.00 bits per heavy atom. The highest BCUT2D eigenvalue weighted by Crippen LogP contribution is 2.21. The summed E-state index contributed by atoms with van der Waals surface area (Å²) >= 11 is 0. The molecule has 0 bridgehead atoms. The molecule has 5 rings (SSSR count). The van der Waals surface area contributed by atoms with Crippen LogP contribution in [0.1, 0.15) is 34.5 Å². The summed E-state index contributed by atoms with van der Waals surface area (Å²) in [6.45, 7) is 3.10. The number of likely N-dealkylation sites (tertiary alicyclic amines) is 1. The topological polar surface area (TPSA) is 86.4 Å². The Balaban J connectivity index is 1.82. The number of nitrogens with zero attached hydrogens (tertiary/aromatic N) is 4. The molecule has 8 heteroatoms. The van der Waals surface area contributed by atoms with Crippen molar-refractivity contribution in [3.8, 4) is 11.4 Å². The maximum absolute atomic E-state index is 13.9. The molecular formula is C27H26N4O4.